The van der Waals surface area contributed by atoms with E-state index in [2.05, 4.69) is 0 Å². The molecule has 1 aromatic carbocycles. The molecule has 7 heteroatoms. The van der Waals surface area contributed by atoms with Crippen molar-refractivity contribution < 1.29 is 23.0 Å². The SMILES string of the molecule is CCCS(=O)(=O)CCOc1c(CO)cc(Cl)cc1OC. The summed E-state index contributed by atoms with van der Waals surface area (Å²) < 4.78 is 33.8. The van der Waals surface area contributed by atoms with Crippen LogP contribution in [0.5, 0.6) is 11.5 Å². The third-order valence-electron chi connectivity index (χ3n) is 2.64. The molecule has 0 bridgehead atoms. The van der Waals surface area contributed by atoms with Crippen molar-refractivity contribution in [2.24, 2.45) is 0 Å². The fourth-order valence-electron chi connectivity index (χ4n) is 1.74. The number of halogens is 1. The normalized spacial score (nSPS) is 11.4. The Kier molecular flexibility index (Phi) is 6.58. The smallest absolute Gasteiger partial charge is 0.166 e. The first kappa shape index (κ1) is 17.1. The summed E-state index contributed by atoms with van der Waals surface area (Å²) in [5.74, 6) is 0.763. The summed E-state index contributed by atoms with van der Waals surface area (Å²) in [6, 6.07) is 3.11. The molecule has 114 valence electrons. The Bertz CT molecular complexity index is 517. The van der Waals surface area contributed by atoms with Gasteiger partial charge in [-0.2, -0.15) is 0 Å². The van der Waals surface area contributed by atoms with Crippen LogP contribution in [0.15, 0.2) is 12.1 Å². The monoisotopic (exact) mass is 322 g/mol. The summed E-state index contributed by atoms with van der Waals surface area (Å²) in [6.07, 6.45) is 0.578. The van der Waals surface area contributed by atoms with Crippen molar-refractivity contribution in [2.75, 3.05) is 25.2 Å². The molecule has 1 rings (SSSR count). The largest absolute Gasteiger partial charge is 0.493 e. The van der Waals surface area contributed by atoms with Crippen molar-refractivity contribution in [1.29, 1.82) is 0 Å². The molecule has 0 aliphatic heterocycles. The molecule has 0 aromatic heterocycles. The molecule has 0 spiro atoms. The van der Waals surface area contributed by atoms with E-state index < -0.39 is 9.84 Å². The highest BCUT2D eigenvalue weighted by Crippen LogP contribution is 2.34. The molecule has 0 radical (unpaired) electrons. The van der Waals surface area contributed by atoms with Crippen LogP contribution < -0.4 is 9.47 Å². The first-order chi connectivity index (χ1) is 9.43. The zero-order valence-electron chi connectivity index (χ0n) is 11.6. The van der Waals surface area contributed by atoms with Crippen molar-refractivity contribution in [3.05, 3.63) is 22.7 Å². The molecule has 0 amide bonds. The van der Waals surface area contributed by atoms with Crippen molar-refractivity contribution >= 4 is 21.4 Å². The maximum Gasteiger partial charge on any atom is 0.166 e. The highest BCUT2D eigenvalue weighted by atomic mass is 35.5. The Hall–Kier alpha value is -0.980. The van der Waals surface area contributed by atoms with E-state index in [0.29, 0.717) is 28.5 Å². The molecule has 1 aromatic rings. The predicted octanol–water partition coefficient (Wildman–Crippen LogP) is 2.04. The Morgan fingerprint density at radius 2 is 2.00 bits per heavy atom. The van der Waals surface area contributed by atoms with Crippen LogP contribution >= 0.6 is 11.6 Å². The summed E-state index contributed by atoms with van der Waals surface area (Å²) in [7, 11) is -1.65. The average molecular weight is 323 g/mol. The Morgan fingerprint density at radius 1 is 1.30 bits per heavy atom. The molecule has 20 heavy (non-hydrogen) atoms. The predicted molar refractivity (Wildman–Crippen MR) is 78.4 cm³/mol. The van der Waals surface area contributed by atoms with E-state index in [0.717, 1.165) is 0 Å². The van der Waals surface area contributed by atoms with Gasteiger partial charge in [-0.1, -0.05) is 18.5 Å². The summed E-state index contributed by atoms with van der Waals surface area (Å²) in [6.45, 7) is 1.55. The molecule has 1 N–H and O–H groups in total. The molecule has 0 aliphatic carbocycles. The molecule has 0 saturated carbocycles. The lowest BCUT2D eigenvalue weighted by Gasteiger charge is -2.14. The van der Waals surface area contributed by atoms with Crippen LogP contribution in [0, 0.1) is 0 Å². The lowest BCUT2D eigenvalue weighted by molar-refractivity contribution is 0.260. The molecule has 5 nitrogen and oxygen atoms in total. The average Bonchev–Trinajstić information content (AvgIpc) is 2.39. The number of benzene rings is 1. The van der Waals surface area contributed by atoms with Gasteiger partial charge in [0.05, 0.1) is 25.2 Å². The minimum atomic E-state index is -3.10. The molecule has 0 aliphatic rings. The number of sulfone groups is 1. The van der Waals surface area contributed by atoms with Crippen LogP contribution in [0.4, 0.5) is 0 Å². The first-order valence-electron chi connectivity index (χ1n) is 6.24. The maximum absolute atomic E-state index is 11.6. The number of hydrogen-bond donors (Lipinski definition) is 1. The van der Waals surface area contributed by atoms with Gasteiger partial charge in [-0.25, -0.2) is 8.42 Å². The molecule has 0 unspecified atom stereocenters. The number of rotatable bonds is 8. The zero-order chi connectivity index (χ0) is 15.2. The maximum atomic E-state index is 11.6. The van der Waals surface area contributed by atoms with Gasteiger partial charge in [0.2, 0.25) is 0 Å². The van der Waals surface area contributed by atoms with E-state index in [-0.39, 0.29) is 24.7 Å². The van der Waals surface area contributed by atoms with Crippen LogP contribution in [-0.2, 0) is 16.4 Å². The second-order valence-electron chi connectivity index (χ2n) is 4.25. The van der Waals surface area contributed by atoms with Crippen LogP contribution in [0.3, 0.4) is 0 Å². The van der Waals surface area contributed by atoms with E-state index in [4.69, 9.17) is 21.1 Å². The molecule has 0 fully saturated rings. The summed E-state index contributed by atoms with van der Waals surface area (Å²) in [4.78, 5) is 0. The van der Waals surface area contributed by atoms with Gasteiger partial charge in [-0.3, -0.25) is 0 Å². The van der Waals surface area contributed by atoms with E-state index in [1.165, 1.54) is 7.11 Å². The molecule has 0 saturated heterocycles. The quantitative estimate of drug-likeness (QED) is 0.793. The minimum Gasteiger partial charge on any atom is -0.493 e. The fourth-order valence-corrected chi connectivity index (χ4v) is 3.13. The third kappa shape index (κ3) is 4.85. The van der Waals surface area contributed by atoms with Crippen molar-refractivity contribution in [3.63, 3.8) is 0 Å². The highest BCUT2D eigenvalue weighted by molar-refractivity contribution is 7.91. The van der Waals surface area contributed by atoms with Crippen LogP contribution in [0.25, 0.3) is 0 Å². The Balaban J connectivity index is 2.82. The lowest BCUT2D eigenvalue weighted by atomic mass is 10.2. The van der Waals surface area contributed by atoms with Gasteiger partial charge in [0.1, 0.15) is 6.61 Å². The standard InChI is InChI=1S/C13H19ClO5S/c1-3-5-20(16,17)6-4-19-13-10(9-15)7-11(14)8-12(13)18-2/h7-8,15H,3-6,9H2,1-2H3. The van der Waals surface area contributed by atoms with Crippen LogP contribution in [-0.4, -0.2) is 38.7 Å². The van der Waals surface area contributed by atoms with Gasteiger partial charge in [-0.15, -0.1) is 0 Å². The highest BCUT2D eigenvalue weighted by Gasteiger charge is 2.15. The summed E-state index contributed by atoms with van der Waals surface area (Å²) in [5.41, 5.74) is 0.460. The third-order valence-corrected chi connectivity index (χ3v) is 4.68. The molecule has 0 atom stereocenters. The van der Waals surface area contributed by atoms with Gasteiger partial charge in [0.15, 0.2) is 21.3 Å². The summed E-state index contributed by atoms with van der Waals surface area (Å²) in [5, 5.41) is 9.71. The second kappa shape index (κ2) is 7.71. The van der Waals surface area contributed by atoms with Crippen LogP contribution in [0.1, 0.15) is 18.9 Å². The topological polar surface area (TPSA) is 72.8 Å². The first-order valence-corrected chi connectivity index (χ1v) is 8.44. The zero-order valence-corrected chi connectivity index (χ0v) is 13.1. The fraction of sp³-hybridized carbons (Fsp3) is 0.538. The number of aliphatic hydroxyl groups is 1. The Labute approximate surface area is 124 Å². The number of ether oxygens (including phenoxy) is 2. The van der Waals surface area contributed by atoms with Crippen molar-refractivity contribution in [3.8, 4) is 11.5 Å². The molecule has 0 heterocycles. The van der Waals surface area contributed by atoms with Gasteiger partial charge < -0.3 is 14.6 Å². The van der Waals surface area contributed by atoms with Gasteiger partial charge in [-0.05, 0) is 12.5 Å². The van der Waals surface area contributed by atoms with Gasteiger partial charge in [0, 0.05) is 16.7 Å². The van der Waals surface area contributed by atoms with E-state index in [9.17, 15) is 13.5 Å². The number of hydrogen-bond acceptors (Lipinski definition) is 5. The van der Waals surface area contributed by atoms with Gasteiger partial charge >= 0.3 is 0 Å². The van der Waals surface area contributed by atoms with E-state index in [1.54, 1.807) is 12.1 Å². The van der Waals surface area contributed by atoms with E-state index in [1.807, 2.05) is 6.92 Å². The van der Waals surface area contributed by atoms with Crippen LogP contribution in [0.2, 0.25) is 5.02 Å². The minimum absolute atomic E-state index is 0.00727. The van der Waals surface area contributed by atoms with Crippen molar-refractivity contribution in [1.82, 2.24) is 0 Å². The molecular weight excluding hydrogens is 304 g/mol. The van der Waals surface area contributed by atoms with Crippen molar-refractivity contribution in [2.45, 2.75) is 20.0 Å². The number of methoxy groups -OCH3 is 1. The second-order valence-corrected chi connectivity index (χ2v) is 6.99. The lowest BCUT2D eigenvalue weighted by Crippen LogP contribution is -2.17. The number of aliphatic hydroxyl groups excluding tert-OH is 1. The Morgan fingerprint density at radius 3 is 2.55 bits per heavy atom. The molecular formula is C13H19ClO5S. The van der Waals surface area contributed by atoms with E-state index >= 15 is 0 Å². The summed E-state index contributed by atoms with van der Waals surface area (Å²) >= 11 is 5.88. The van der Waals surface area contributed by atoms with Gasteiger partial charge in [0.25, 0.3) is 0 Å².